The first-order valence-electron chi connectivity index (χ1n) is 9.61. The minimum atomic E-state index is -0.295. The Morgan fingerprint density at radius 1 is 1.14 bits per heavy atom. The number of fused-ring (bicyclic) bond motifs is 1. The van der Waals surface area contributed by atoms with Gasteiger partial charge in [-0.05, 0) is 42.7 Å². The number of ether oxygens (including phenoxy) is 3. The molecule has 1 N–H and O–H groups in total. The van der Waals surface area contributed by atoms with E-state index in [1.165, 1.54) is 0 Å². The maximum absolute atomic E-state index is 12.8. The van der Waals surface area contributed by atoms with E-state index < -0.39 is 0 Å². The molecular weight excluding hydrogens is 372 g/mol. The summed E-state index contributed by atoms with van der Waals surface area (Å²) in [4.78, 5) is 17.9. The Balaban J connectivity index is 1.66. The van der Waals surface area contributed by atoms with Crippen LogP contribution >= 0.6 is 0 Å². The SMILES string of the molecule is CCON=C(C(=O)NCCc1ccc(OC)c(OC)c1)c1ccc2c(c1)OCC2. The number of carbonyl (C=O) groups is 1. The van der Waals surface area contributed by atoms with E-state index in [2.05, 4.69) is 10.5 Å². The van der Waals surface area contributed by atoms with E-state index >= 15 is 0 Å². The average Bonchev–Trinajstić information content (AvgIpc) is 3.22. The van der Waals surface area contributed by atoms with E-state index in [0.717, 1.165) is 23.3 Å². The van der Waals surface area contributed by atoms with Crippen LogP contribution in [0, 0.1) is 0 Å². The predicted octanol–water partition coefficient (Wildman–Crippen LogP) is 2.74. The molecule has 0 radical (unpaired) electrons. The Labute approximate surface area is 170 Å². The Kier molecular flexibility index (Phi) is 6.94. The zero-order valence-electron chi connectivity index (χ0n) is 17.0. The Morgan fingerprint density at radius 3 is 2.72 bits per heavy atom. The van der Waals surface area contributed by atoms with Gasteiger partial charge in [-0.25, -0.2) is 0 Å². The Morgan fingerprint density at radius 2 is 1.97 bits per heavy atom. The first-order chi connectivity index (χ1) is 14.2. The highest BCUT2D eigenvalue weighted by molar-refractivity contribution is 6.45. The third-order valence-electron chi connectivity index (χ3n) is 4.62. The zero-order chi connectivity index (χ0) is 20.6. The number of hydrogen-bond acceptors (Lipinski definition) is 6. The van der Waals surface area contributed by atoms with Crippen molar-refractivity contribution in [3.05, 3.63) is 53.1 Å². The van der Waals surface area contributed by atoms with Crippen LogP contribution in [-0.2, 0) is 22.5 Å². The van der Waals surface area contributed by atoms with Crippen molar-refractivity contribution in [1.82, 2.24) is 5.32 Å². The molecule has 154 valence electrons. The number of nitrogens with one attached hydrogen (secondary N) is 1. The molecule has 2 aromatic rings. The van der Waals surface area contributed by atoms with Gasteiger partial charge in [0, 0.05) is 18.5 Å². The lowest BCUT2D eigenvalue weighted by Crippen LogP contribution is -2.33. The van der Waals surface area contributed by atoms with Crippen LogP contribution in [-0.4, -0.2) is 45.6 Å². The van der Waals surface area contributed by atoms with E-state index in [-0.39, 0.29) is 11.6 Å². The summed E-state index contributed by atoms with van der Waals surface area (Å²) in [7, 11) is 3.20. The average molecular weight is 398 g/mol. The molecule has 29 heavy (non-hydrogen) atoms. The zero-order valence-corrected chi connectivity index (χ0v) is 17.0. The molecule has 0 saturated carbocycles. The second kappa shape index (κ2) is 9.82. The van der Waals surface area contributed by atoms with Crippen LogP contribution in [0.1, 0.15) is 23.6 Å². The van der Waals surface area contributed by atoms with Crippen molar-refractivity contribution in [3.8, 4) is 17.2 Å². The summed E-state index contributed by atoms with van der Waals surface area (Å²) in [6.07, 6.45) is 1.52. The molecule has 7 heteroatoms. The monoisotopic (exact) mass is 398 g/mol. The maximum Gasteiger partial charge on any atom is 0.273 e. The molecule has 7 nitrogen and oxygen atoms in total. The number of benzene rings is 2. The highest BCUT2D eigenvalue weighted by Gasteiger charge is 2.19. The lowest BCUT2D eigenvalue weighted by Gasteiger charge is -2.11. The first kappa shape index (κ1) is 20.5. The van der Waals surface area contributed by atoms with E-state index in [1.807, 2.05) is 43.3 Å². The summed E-state index contributed by atoms with van der Waals surface area (Å²) in [6, 6.07) is 11.4. The van der Waals surface area contributed by atoms with E-state index in [9.17, 15) is 4.79 Å². The fourth-order valence-corrected chi connectivity index (χ4v) is 3.11. The molecule has 1 amide bonds. The molecule has 0 aromatic heterocycles. The Bertz CT molecular complexity index is 895. The standard InChI is InChI=1S/C22H26N2O5/c1-4-29-24-21(17-7-6-16-10-12-28-19(16)14-17)22(25)23-11-9-15-5-8-18(26-2)20(13-15)27-3/h5-8,13-14H,4,9-12H2,1-3H3,(H,23,25). The molecule has 0 unspecified atom stereocenters. The number of oxime groups is 1. The molecule has 2 aromatic carbocycles. The van der Waals surface area contributed by atoms with Crippen molar-refractivity contribution < 1.29 is 23.8 Å². The van der Waals surface area contributed by atoms with Gasteiger partial charge >= 0.3 is 0 Å². The van der Waals surface area contributed by atoms with Crippen LogP contribution in [0.3, 0.4) is 0 Å². The van der Waals surface area contributed by atoms with Crippen LogP contribution < -0.4 is 19.5 Å². The van der Waals surface area contributed by atoms with Crippen LogP contribution in [0.2, 0.25) is 0 Å². The summed E-state index contributed by atoms with van der Waals surface area (Å²) >= 11 is 0. The maximum atomic E-state index is 12.8. The normalized spacial score (nSPS) is 12.7. The smallest absolute Gasteiger partial charge is 0.273 e. The van der Waals surface area contributed by atoms with E-state index in [0.29, 0.717) is 43.2 Å². The van der Waals surface area contributed by atoms with Gasteiger partial charge in [0.25, 0.3) is 5.91 Å². The molecule has 0 bridgehead atoms. The third-order valence-corrected chi connectivity index (χ3v) is 4.62. The summed E-state index contributed by atoms with van der Waals surface area (Å²) in [5, 5.41) is 6.94. The molecule has 0 saturated heterocycles. The minimum Gasteiger partial charge on any atom is -0.493 e. The molecule has 0 atom stereocenters. The lowest BCUT2D eigenvalue weighted by atomic mass is 10.1. The predicted molar refractivity (Wildman–Crippen MR) is 110 cm³/mol. The molecule has 3 rings (SSSR count). The quantitative estimate of drug-likeness (QED) is 0.519. The molecule has 0 spiro atoms. The summed E-state index contributed by atoms with van der Waals surface area (Å²) in [5.74, 6) is 1.83. The molecule has 0 fully saturated rings. The first-order valence-corrected chi connectivity index (χ1v) is 9.61. The molecule has 1 heterocycles. The highest BCUT2D eigenvalue weighted by atomic mass is 16.6. The Hall–Kier alpha value is -3.22. The van der Waals surface area contributed by atoms with E-state index in [1.54, 1.807) is 14.2 Å². The molecule has 1 aliphatic rings. The minimum absolute atomic E-state index is 0.234. The van der Waals surface area contributed by atoms with Gasteiger partial charge in [0.15, 0.2) is 17.2 Å². The second-order valence-corrected chi connectivity index (χ2v) is 6.47. The number of carbonyl (C=O) groups excluding carboxylic acids is 1. The van der Waals surface area contributed by atoms with Gasteiger partial charge in [0.2, 0.25) is 0 Å². The van der Waals surface area contributed by atoms with Gasteiger partial charge in [-0.3, -0.25) is 4.79 Å². The topological polar surface area (TPSA) is 78.4 Å². The molecule has 1 aliphatic heterocycles. The van der Waals surface area contributed by atoms with Gasteiger partial charge in [-0.15, -0.1) is 0 Å². The lowest BCUT2D eigenvalue weighted by molar-refractivity contribution is -0.114. The van der Waals surface area contributed by atoms with Gasteiger partial charge in [-0.1, -0.05) is 23.4 Å². The summed E-state index contributed by atoms with van der Waals surface area (Å²) in [5.41, 5.74) is 3.07. The number of amides is 1. The van der Waals surface area contributed by atoms with Gasteiger partial charge in [0.1, 0.15) is 12.4 Å². The third kappa shape index (κ3) is 4.99. The second-order valence-electron chi connectivity index (χ2n) is 6.47. The van der Waals surface area contributed by atoms with Crippen molar-refractivity contribution in [2.45, 2.75) is 19.8 Å². The number of rotatable bonds is 9. The van der Waals surface area contributed by atoms with Crippen LogP contribution in [0.15, 0.2) is 41.6 Å². The van der Waals surface area contributed by atoms with Crippen molar-refractivity contribution in [1.29, 1.82) is 0 Å². The summed E-state index contributed by atoms with van der Waals surface area (Å²) in [6.45, 7) is 3.31. The van der Waals surface area contributed by atoms with Crippen LogP contribution in [0.25, 0.3) is 0 Å². The molecule has 0 aliphatic carbocycles. The molecular formula is C22H26N2O5. The van der Waals surface area contributed by atoms with Gasteiger partial charge in [-0.2, -0.15) is 0 Å². The van der Waals surface area contributed by atoms with Gasteiger partial charge < -0.3 is 24.4 Å². The van der Waals surface area contributed by atoms with Crippen LogP contribution in [0.5, 0.6) is 17.2 Å². The van der Waals surface area contributed by atoms with Crippen molar-refractivity contribution in [2.24, 2.45) is 5.16 Å². The number of hydrogen-bond donors (Lipinski definition) is 1. The van der Waals surface area contributed by atoms with Crippen LogP contribution in [0.4, 0.5) is 0 Å². The number of nitrogens with zero attached hydrogens (tertiary/aromatic N) is 1. The fraction of sp³-hybridized carbons (Fsp3) is 0.364. The highest BCUT2D eigenvalue weighted by Crippen LogP contribution is 2.28. The van der Waals surface area contributed by atoms with Crippen molar-refractivity contribution in [3.63, 3.8) is 0 Å². The largest absolute Gasteiger partial charge is 0.493 e. The van der Waals surface area contributed by atoms with Crippen molar-refractivity contribution >= 4 is 11.6 Å². The number of methoxy groups -OCH3 is 2. The van der Waals surface area contributed by atoms with Gasteiger partial charge in [0.05, 0.1) is 20.8 Å². The van der Waals surface area contributed by atoms with Crippen molar-refractivity contribution in [2.75, 3.05) is 34.0 Å². The fourth-order valence-electron chi connectivity index (χ4n) is 3.11. The van der Waals surface area contributed by atoms with E-state index in [4.69, 9.17) is 19.0 Å². The summed E-state index contributed by atoms with van der Waals surface area (Å²) < 4.78 is 16.2.